The van der Waals surface area contributed by atoms with Crippen LogP contribution in [0, 0.1) is 5.82 Å². The third-order valence-electron chi connectivity index (χ3n) is 4.66. The van der Waals surface area contributed by atoms with Crippen molar-refractivity contribution in [1.82, 2.24) is 15.3 Å². The largest absolute Gasteiger partial charge is 0.497 e. The molecule has 1 amide bonds. The molecule has 1 heterocycles. The van der Waals surface area contributed by atoms with E-state index in [9.17, 15) is 30.8 Å². The van der Waals surface area contributed by atoms with Crippen molar-refractivity contribution in [3.63, 3.8) is 0 Å². The average Bonchev–Trinajstić information content (AvgIpc) is 2.81. The third-order valence-corrected chi connectivity index (χ3v) is 6.14. The molecule has 1 aromatic heterocycles. The second kappa shape index (κ2) is 10.2. The number of nitrogens with one attached hydrogen (secondary N) is 1. The Morgan fingerprint density at radius 2 is 1.68 bits per heavy atom. The molecule has 0 atom stereocenters. The number of ether oxygens (including phenoxy) is 1. The normalized spacial score (nSPS) is 11.8. The van der Waals surface area contributed by atoms with Crippen molar-refractivity contribution >= 4 is 15.7 Å². The third kappa shape index (κ3) is 6.50. The van der Waals surface area contributed by atoms with Gasteiger partial charge in [-0.1, -0.05) is 12.1 Å². The lowest BCUT2D eigenvalue weighted by atomic mass is 10.1. The Balaban J connectivity index is 1.78. The van der Waals surface area contributed by atoms with E-state index in [4.69, 9.17) is 4.74 Å². The van der Waals surface area contributed by atoms with Crippen LogP contribution in [0.5, 0.6) is 5.75 Å². The first-order chi connectivity index (χ1) is 16.0. The van der Waals surface area contributed by atoms with Crippen LogP contribution in [0.3, 0.4) is 0 Å². The molecule has 0 radical (unpaired) electrons. The van der Waals surface area contributed by atoms with Crippen LogP contribution in [0.1, 0.15) is 17.7 Å². The molecule has 12 heteroatoms. The minimum atomic E-state index is -4.92. The summed E-state index contributed by atoms with van der Waals surface area (Å²) in [6.07, 6.45) is -5.44. The fraction of sp³-hybridized carbons (Fsp3) is 0.227. The number of aromatic nitrogens is 2. The summed E-state index contributed by atoms with van der Waals surface area (Å²) in [6.45, 7) is 0.0286. The summed E-state index contributed by atoms with van der Waals surface area (Å²) in [4.78, 5) is 19.1. The van der Waals surface area contributed by atoms with E-state index in [1.54, 1.807) is 0 Å². The summed E-state index contributed by atoms with van der Waals surface area (Å²) >= 11 is 0. The number of benzene rings is 2. The summed E-state index contributed by atoms with van der Waals surface area (Å²) in [5.41, 5.74) is -0.859. The second-order valence-electron chi connectivity index (χ2n) is 7.12. The number of rotatable bonds is 8. The van der Waals surface area contributed by atoms with E-state index in [1.165, 1.54) is 55.6 Å². The molecule has 3 aromatic rings. The highest BCUT2D eigenvalue weighted by Crippen LogP contribution is 2.31. The monoisotopic (exact) mass is 497 g/mol. The minimum Gasteiger partial charge on any atom is -0.497 e. The van der Waals surface area contributed by atoms with Crippen molar-refractivity contribution in [1.29, 1.82) is 0 Å². The lowest BCUT2D eigenvalue weighted by molar-refractivity contribution is -0.141. The Kier molecular flexibility index (Phi) is 7.50. The van der Waals surface area contributed by atoms with Crippen molar-refractivity contribution in [2.24, 2.45) is 0 Å². The number of amides is 1. The maximum absolute atomic E-state index is 13.4. The highest BCUT2D eigenvalue weighted by molar-refractivity contribution is 7.91. The fourth-order valence-electron chi connectivity index (χ4n) is 2.83. The summed E-state index contributed by atoms with van der Waals surface area (Å²) in [6, 6.07) is 11.8. The van der Waals surface area contributed by atoms with E-state index >= 15 is 0 Å². The standard InChI is InChI=1S/C22H19F4N3O4S/c1-33-17-8-4-15(5-9-17)18-12-19(22(24,25)26)29-21(28-18)34(31,32)11-10-20(30)27-13-14-2-6-16(23)7-3-14/h2-9,12H,10-11,13H2,1H3,(H,27,30). The van der Waals surface area contributed by atoms with Crippen LogP contribution in [0.2, 0.25) is 0 Å². The lowest BCUT2D eigenvalue weighted by Gasteiger charge is -2.11. The van der Waals surface area contributed by atoms with Gasteiger partial charge in [0, 0.05) is 18.5 Å². The fourth-order valence-corrected chi connectivity index (χ4v) is 3.94. The van der Waals surface area contributed by atoms with Crippen LogP contribution in [0.25, 0.3) is 11.3 Å². The van der Waals surface area contributed by atoms with Gasteiger partial charge in [-0.2, -0.15) is 13.2 Å². The van der Waals surface area contributed by atoms with Crippen LogP contribution in [-0.4, -0.2) is 37.2 Å². The minimum absolute atomic E-state index is 0.0286. The lowest BCUT2D eigenvalue weighted by Crippen LogP contribution is -2.26. The van der Waals surface area contributed by atoms with Gasteiger partial charge in [-0.25, -0.2) is 22.8 Å². The number of alkyl halides is 3. The Bertz CT molecular complexity index is 1260. The summed E-state index contributed by atoms with van der Waals surface area (Å²) in [7, 11) is -3.01. The van der Waals surface area contributed by atoms with E-state index in [0.29, 0.717) is 17.4 Å². The average molecular weight is 497 g/mol. The number of sulfone groups is 1. The predicted molar refractivity (Wildman–Crippen MR) is 114 cm³/mol. The molecule has 180 valence electrons. The molecular formula is C22H19F4N3O4S. The van der Waals surface area contributed by atoms with Gasteiger partial charge in [0.15, 0.2) is 0 Å². The van der Waals surface area contributed by atoms with Crippen molar-refractivity contribution in [2.75, 3.05) is 12.9 Å². The van der Waals surface area contributed by atoms with Gasteiger partial charge in [-0.05, 0) is 48.0 Å². The molecule has 0 fully saturated rings. The Morgan fingerprint density at radius 1 is 1.03 bits per heavy atom. The molecule has 0 aliphatic rings. The van der Waals surface area contributed by atoms with Crippen molar-refractivity contribution in [2.45, 2.75) is 24.3 Å². The number of nitrogens with zero attached hydrogens (tertiary/aromatic N) is 2. The van der Waals surface area contributed by atoms with Crippen molar-refractivity contribution in [3.05, 3.63) is 71.7 Å². The molecule has 1 N–H and O–H groups in total. The number of hydrogen-bond acceptors (Lipinski definition) is 6. The first kappa shape index (κ1) is 25.1. The first-order valence-electron chi connectivity index (χ1n) is 9.82. The van der Waals surface area contributed by atoms with Gasteiger partial charge >= 0.3 is 6.18 Å². The van der Waals surface area contributed by atoms with E-state index in [-0.39, 0.29) is 17.8 Å². The maximum atomic E-state index is 13.4. The van der Waals surface area contributed by atoms with Gasteiger partial charge in [0.25, 0.3) is 0 Å². The molecule has 0 aliphatic heterocycles. The number of carbonyl (C=O) groups excluding carboxylic acids is 1. The van der Waals surface area contributed by atoms with E-state index in [0.717, 1.165) is 0 Å². The Hall–Kier alpha value is -3.54. The number of methoxy groups -OCH3 is 1. The Morgan fingerprint density at radius 3 is 2.26 bits per heavy atom. The van der Waals surface area contributed by atoms with Gasteiger partial charge in [-0.3, -0.25) is 4.79 Å². The van der Waals surface area contributed by atoms with Gasteiger partial charge < -0.3 is 10.1 Å². The molecule has 3 rings (SSSR count). The van der Waals surface area contributed by atoms with E-state index < -0.39 is 50.8 Å². The second-order valence-corrected chi connectivity index (χ2v) is 9.12. The number of halogens is 4. The zero-order valence-electron chi connectivity index (χ0n) is 17.8. The zero-order chi connectivity index (χ0) is 24.9. The van der Waals surface area contributed by atoms with E-state index in [2.05, 4.69) is 15.3 Å². The van der Waals surface area contributed by atoms with E-state index in [1.807, 2.05) is 0 Å². The molecule has 0 unspecified atom stereocenters. The van der Waals surface area contributed by atoms with Crippen molar-refractivity contribution in [3.8, 4) is 17.0 Å². The van der Waals surface area contributed by atoms with Crippen LogP contribution in [-0.2, 0) is 27.4 Å². The predicted octanol–water partition coefficient (Wildman–Crippen LogP) is 3.79. The molecule has 0 saturated heterocycles. The quantitative estimate of drug-likeness (QED) is 0.376. The highest BCUT2D eigenvalue weighted by Gasteiger charge is 2.35. The molecule has 34 heavy (non-hydrogen) atoms. The molecule has 0 saturated carbocycles. The molecule has 2 aromatic carbocycles. The van der Waals surface area contributed by atoms with Crippen molar-refractivity contribution < 1.29 is 35.5 Å². The summed E-state index contributed by atoms with van der Waals surface area (Å²) < 4.78 is 83.4. The molecule has 0 spiro atoms. The number of carbonyl (C=O) groups is 1. The van der Waals surface area contributed by atoms with Gasteiger partial charge in [0.1, 0.15) is 17.3 Å². The van der Waals surface area contributed by atoms with Gasteiger partial charge in [0.05, 0.1) is 18.6 Å². The van der Waals surface area contributed by atoms with Crippen LogP contribution < -0.4 is 10.1 Å². The summed E-state index contributed by atoms with van der Waals surface area (Å²) in [5, 5.41) is 1.44. The maximum Gasteiger partial charge on any atom is 0.433 e. The molecule has 0 bridgehead atoms. The summed E-state index contributed by atoms with van der Waals surface area (Å²) in [5.74, 6) is -1.45. The van der Waals surface area contributed by atoms with Gasteiger partial charge in [0.2, 0.25) is 20.9 Å². The van der Waals surface area contributed by atoms with Gasteiger partial charge in [-0.15, -0.1) is 0 Å². The number of hydrogen-bond donors (Lipinski definition) is 1. The van der Waals surface area contributed by atoms with Crippen LogP contribution in [0.15, 0.2) is 59.8 Å². The Labute approximate surface area is 192 Å². The molecule has 0 aliphatic carbocycles. The molecular weight excluding hydrogens is 478 g/mol. The highest BCUT2D eigenvalue weighted by atomic mass is 32.2. The van der Waals surface area contributed by atoms with Crippen LogP contribution >= 0.6 is 0 Å². The zero-order valence-corrected chi connectivity index (χ0v) is 18.6. The molecule has 7 nitrogen and oxygen atoms in total. The topological polar surface area (TPSA) is 98.2 Å². The SMILES string of the molecule is COc1ccc(-c2cc(C(F)(F)F)nc(S(=O)(=O)CCC(=O)NCc3ccc(F)cc3)n2)cc1. The first-order valence-corrected chi connectivity index (χ1v) is 11.5. The van der Waals surface area contributed by atoms with Crippen LogP contribution in [0.4, 0.5) is 17.6 Å². The smallest absolute Gasteiger partial charge is 0.433 e.